The summed E-state index contributed by atoms with van der Waals surface area (Å²) in [6.45, 7) is 15.7. The molecular weight excluding hydrogens is 296 g/mol. The van der Waals surface area contributed by atoms with Crippen molar-refractivity contribution in [3.8, 4) is 0 Å². The molecule has 0 unspecified atom stereocenters. The number of hydrogen-bond donors (Lipinski definition) is 1. The average Bonchev–Trinajstić information content (AvgIpc) is 2.53. The van der Waals surface area contributed by atoms with Crippen LogP contribution in [0.25, 0.3) is 0 Å². The van der Waals surface area contributed by atoms with Crippen molar-refractivity contribution in [1.82, 2.24) is 9.80 Å². The minimum atomic E-state index is -0.167. The van der Waals surface area contributed by atoms with Crippen LogP contribution in [0.2, 0.25) is 0 Å². The topological polar surface area (TPSA) is 26.7 Å². The lowest BCUT2D eigenvalue weighted by atomic mass is 9.86. The first-order valence-electron chi connectivity index (χ1n) is 10.6. The van der Waals surface area contributed by atoms with Crippen LogP contribution in [0.4, 0.5) is 0 Å². The molecule has 1 N–H and O–H groups in total. The van der Waals surface area contributed by atoms with Crippen molar-refractivity contribution >= 4 is 0 Å². The molecule has 3 heteroatoms. The number of aliphatic hydroxyl groups excluding tert-OH is 1. The first-order valence-corrected chi connectivity index (χ1v) is 10.6. The number of piperazine rings is 1. The van der Waals surface area contributed by atoms with E-state index in [1.165, 1.54) is 77.5 Å². The highest BCUT2D eigenvalue weighted by Gasteiger charge is 2.24. The Labute approximate surface area is 151 Å². The Bertz CT molecular complexity index is 297. The number of aliphatic hydroxyl groups is 1. The van der Waals surface area contributed by atoms with Gasteiger partial charge in [0.15, 0.2) is 0 Å². The summed E-state index contributed by atoms with van der Waals surface area (Å²) in [6.07, 6.45) is 11.7. The van der Waals surface area contributed by atoms with E-state index < -0.39 is 0 Å². The van der Waals surface area contributed by atoms with Gasteiger partial charge in [-0.2, -0.15) is 0 Å². The van der Waals surface area contributed by atoms with Crippen molar-refractivity contribution in [3.63, 3.8) is 0 Å². The molecule has 0 spiro atoms. The molecule has 1 saturated heterocycles. The standard InChI is InChI=1S/C18H36N2.C3H8O/c1-16(2)20-14-13-19(17(3)15-20)12-8-7-11-18-9-5-4-6-10-18;1-3(2)4/h16-18H,4-15H2,1-3H3;3-4H,1-2H3/t17-;/m1./s1. The normalized spacial score (nSPS) is 24.2. The van der Waals surface area contributed by atoms with E-state index in [2.05, 4.69) is 30.6 Å². The second-order valence-corrected chi connectivity index (χ2v) is 8.57. The molecule has 0 aromatic heterocycles. The van der Waals surface area contributed by atoms with Gasteiger partial charge in [0.1, 0.15) is 0 Å². The first kappa shape index (κ1) is 21.9. The lowest BCUT2D eigenvalue weighted by Crippen LogP contribution is -2.53. The first-order chi connectivity index (χ1) is 11.4. The second-order valence-electron chi connectivity index (χ2n) is 8.57. The van der Waals surface area contributed by atoms with Gasteiger partial charge in [0.2, 0.25) is 0 Å². The SMILES string of the molecule is CC(C)N1CCN(CCCCC2CCCCC2)[C@H](C)C1.CC(C)O. The van der Waals surface area contributed by atoms with Gasteiger partial charge < -0.3 is 5.11 Å². The van der Waals surface area contributed by atoms with Crippen LogP contribution in [-0.4, -0.2) is 59.3 Å². The zero-order valence-corrected chi connectivity index (χ0v) is 17.1. The summed E-state index contributed by atoms with van der Waals surface area (Å²) in [5, 5.41) is 8.06. The second kappa shape index (κ2) is 12.3. The van der Waals surface area contributed by atoms with Crippen molar-refractivity contribution in [2.24, 2.45) is 5.92 Å². The zero-order chi connectivity index (χ0) is 17.9. The van der Waals surface area contributed by atoms with Crippen molar-refractivity contribution < 1.29 is 5.11 Å². The van der Waals surface area contributed by atoms with E-state index in [-0.39, 0.29) is 6.10 Å². The molecular formula is C21H44N2O. The van der Waals surface area contributed by atoms with Crippen molar-refractivity contribution in [3.05, 3.63) is 0 Å². The van der Waals surface area contributed by atoms with Crippen LogP contribution in [0, 0.1) is 5.92 Å². The van der Waals surface area contributed by atoms with E-state index in [0.717, 1.165) is 12.0 Å². The highest BCUT2D eigenvalue weighted by atomic mass is 16.3. The lowest BCUT2D eigenvalue weighted by molar-refractivity contribution is 0.0633. The number of unbranched alkanes of at least 4 members (excludes halogenated alkanes) is 1. The molecule has 1 heterocycles. The predicted molar refractivity (Wildman–Crippen MR) is 106 cm³/mol. The molecule has 1 aliphatic heterocycles. The van der Waals surface area contributed by atoms with Gasteiger partial charge in [-0.15, -0.1) is 0 Å². The van der Waals surface area contributed by atoms with Crippen LogP contribution in [0.15, 0.2) is 0 Å². The largest absolute Gasteiger partial charge is 0.394 e. The molecule has 1 aliphatic carbocycles. The third-order valence-corrected chi connectivity index (χ3v) is 5.56. The molecule has 0 bridgehead atoms. The maximum absolute atomic E-state index is 8.06. The van der Waals surface area contributed by atoms with Crippen molar-refractivity contribution in [2.45, 2.75) is 104 Å². The Balaban J connectivity index is 0.000000648. The van der Waals surface area contributed by atoms with Crippen LogP contribution in [0.5, 0.6) is 0 Å². The fourth-order valence-electron chi connectivity index (χ4n) is 4.05. The Morgan fingerprint density at radius 2 is 1.58 bits per heavy atom. The quantitative estimate of drug-likeness (QED) is 0.719. The maximum atomic E-state index is 8.06. The highest BCUT2D eigenvalue weighted by Crippen LogP contribution is 2.27. The minimum absolute atomic E-state index is 0.167. The van der Waals surface area contributed by atoms with Gasteiger partial charge in [0, 0.05) is 37.8 Å². The molecule has 2 fully saturated rings. The third kappa shape index (κ3) is 9.39. The summed E-state index contributed by atoms with van der Waals surface area (Å²) >= 11 is 0. The molecule has 0 amide bonds. The van der Waals surface area contributed by atoms with E-state index in [4.69, 9.17) is 5.11 Å². The summed E-state index contributed by atoms with van der Waals surface area (Å²) in [6, 6.07) is 1.46. The number of hydrogen-bond acceptors (Lipinski definition) is 3. The van der Waals surface area contributed by atoms with Crippen LogP contribution in [-0.2, 0) is 0 Å². The molecule has 24 heavy (non-hydrogen) atoms. The molecule has 2 aliphatic rings. The lowest BCUT2D eigenvalue weighted by Gasteiger charge is -2.41. The number of nitrogens with zero attached hydrogens (tertiary/aromatic N) is 2. The van der Waals surface area contributed by atoms with E-state index in [0.29, 0.717) is 6.04 Å². The Kier molecular flexibility index (Phi) is 11.2. The van der Waals surface area contributed by atoms with Gasteiger partial charge in [0.05, 0.1) is 0 Å². The maximum Gasteiger partial charge on any atom is 0.0483 e. The van der Waals surface area contributed by atoms with Crippen molar-refractivity contribution in [1.29, 1.82) is 0 Å². The third-order valence-electron chi connectivity index (χ3n) is 5.56. The Morgan fingerprint density at radius 1 is 0.958 bits per heavy atom. The Hall–Kier alpha value is -0.120. The molecule has 0 radical (unpaired) electrons. The van der Waals surface area contributed by atoms with Gasteiger partial charge >= 0.3 is 0 Å². The minimum Gasteiger partial charge on any atom is -0.394 e. The van der Waals surface area contributed by atoms with E-state index in [9.17, 15) is 0 Å². The van der Waals surface area contributed by atoms with Crippen LogP contribution in [0.3, 0.4) is 0 Å². The molecule has 2 rings (SSSR count). The summed E-state index contributed by atoms with van der Waals surface area (Å²) in [7, 11) is 0. The summed E-state index contributed by atoms with van der Waals surface area (Å²) in [5.74, 6) is 1.07. The zero-order valence-electron chi connectivity index (χ0n) is 17.1. The molecule has 3 nitrogen and oxygen atoms in total. The average molecular weight is 341 g/mol. The Morgan fingerprint density at radius 3 is 2.12 bits per heavy atom. The molecule has 144 valence electrons. The highest BCUT2D eigenvalue weighted by molar-refractivity contribution is 4.80. The smallest absolute Gasteiger partial charge is 0.0483 e. The van der Waals surface area contributed by atoms with Gasteiger partial charge in [0.25, 0.3) is 0 Å². The number of rotatable bonds is 6. The van der Waals surface area contributed by atoms with E-state index in [1.807, 2.05) is 0 Å². The van der Waals surface area contributed by atoms with E-state index >= 15 is 0 Å². The molecule has 0 aromatic rings. The van der Waals surface area contributed by atoms with Crippen LogP contribution >= 0.6 is 0 Å². The monoisotopic (exact) mass is 340 g/mol. The molecule has 1 saturated carbocycles. The van der Waals surface area contributed by atoms with Crippen LogP contribution < -0.4 is 0 Å². The molecule has 0 aromatic carbocycles. The van der Waals surface area contributed by atoms with Gasteiger partial charge in [-0.3, -0.25) is 9.80 Å². The predicted octanol–water partition coefficient (Wildman–Crippen LogP) is 4.54. The fraction of sp³-hybridized carbons (Fsp3) is 1.00. The summed E-state index contributed by atoms with van der Waals surface area (Å²) < 4.78 is 0. The molecule has 1 atom stereocenters. The van der Waals surface area contributed by atoms with Gasteiger partial charge in [-0.05, 0) is 53.5 Å². The van der Waals surface area contributed by atoms with Crippen LogP contribution in [0.1, 0.15) is 86.0 Å². The fourth-order valence-corrected chi connectivity index (χ4v) is 4.05. The van der Waals surface area contributed by atoms with Gasteiger partial charge in [-0.25, -0.2) is 0 Å². The summed E-state index contributed by atoms with van der Waals surface area (Å²) in [5.41, 5.74) is 0. The van der Waals surface area contributed by atoms with Gasteiger partial charge in [-0.1, -0.05) is 44.9 Å². The summed E-state index contributed by atoms with van der Waals surface area (Å²) in [4.78, 5) is 5.35. The van der Waals surface area contributed by atoms with Crippen molar-refractivity contribution in [2.75, 3.05) is 26.2 Å². The van der Waals surface area contributed by atoms with E-state index in [1.54, 1.807) is 13.8 Å².